The van der Waals surface area contributed by atoms with Gasteiger partial charge in [0, 0.05) is 11.5 Å². The van der Waals surface area contributed by atoms with Gasteiger partial charge in [-0.15, -0.1) is 0 Å². The lowest BCUT2D eigenvalue weighted by Crippen LogP contribution is -2.24. The van der Waals surface area contributed by atoms with Crippen LogP contribution in [0, 0.1) is 5.41 Å². The monoisotopic (exact) mass is 176 g/mol. The lowest BCUT2D eigenvalue weighted by Gasteiger charge is -2.34. The van der Waals surface area contributed by atoms with Gasteiger partial charge in [-0.1, -0.05) is 35.4 Å². The lowest BCUT2D eigenvalue weighted by atomic mass is 9.82. The molecule has 0 spiro atoms. The summed E-state index contributed by atoms with van der Waals surface area (Å²) >= 11 is 0. The molecule has 60 valence electrons. The van der Waals surface area contributed by atoms with Crippen LogP contribution in [0.3, 0.4) is 0 Å². The Hall–Kier alpha value is 0.700. The minimum atomic E-state index is 0.704. The summed E-state index contributed by atoms with van der Waals surface area (Å²) in [4.78, 5) is 0. The molecule has 1 saturated heterocycles. The van der Waals surface area contributed by atoms with Crippen LogP contribution in [0.2, 0.25) is 0 Å². The topological polar surface area (TPSA) is 0 Å². The van der Waals surface area contributed by atoms with Gasteiger partial charge >= 0.3 is 0 Å². The van der Waals surface area contributed by atoms with Crippen LogP contribution in [-0.2, 0) is 0 Å². The lowest BCUT2D eigenvalue weighted by molar-refractivity contribution is 0.296. The van der Waals surface area contributed by atoms with Gasteiger partial charge in [0.25, 0.3) is 0 Å². The molecule has 0 aromatic heterocycles. The van der Waals surface area contributed by atoms with Crippen LogP contribution in [0.4, 0.5) is 0 Å². The van der Waals surface area contributed by atoms with E-state index in [9.17, 15) is 0 Å². The quantitative estimate of drug-likeness (QED) is 0.590. The average Bonchev–Trinajstić information content (AvgIpc) is 2.06. The molecule has 0 N–H and O–H groups in total. The molecule has 1 aliphatic heterocycles. The third kappa shape index (κ3) is 1.85. The van der Waals surface area contributed by atoms with Crippen LogP contribution in [0.25, 0.3) is 0 Å². The van der Waals surface area contributed by atoms with Gasteiger partial charge in [-0.3, -0.25) is 0 Å². The Morgan fingerprint density at radius 1 is 1.20 bits per heavy atom. The second-order valence-electron chi connectivity index (χ2n) is 3.04. The summed E-state index contributed by atoms with van der Waals surface area (Å²) in [6.07, 6.45) is 4.19. The van der Waals surface area contributed by atoms with Crippen molar-refractivity contribution in [1.29, 1.82) is 0 Å². The SMILES string of the molecule is CCC1(CC)CCSSC1. The van der Waals surface area contributed by atoms with Gasteiger partial charge in [-0.2, -0.15) is 0 Å². The van der Waals surface area contributed by atoms with Crippen molar-refractivity contribution < 1.29 is 0 Å². The first-order valence-corrected chi connectivity index (χ1v) is 6.56. The van der Waals surface area contributed by atoms with Crippen molar-refractivity contribution in [3.63, 3.8) is 0 Å². The average molecular weight is 176 g/mol. The van der Waals surface area contributed by atoms with E-state index in [4.69, 9.17) is 0 Å². The summed E-state index contributed by atoms with van der Waals surface area (Å²) in [6.45, 7) is 4.67. The highest BCUT2D eigenvalue weighted by molar-refractivity contribution is 8.76. The van der Waals surface area contributed by atoms with Crippen molar-refractivity contribution in [2.24, 2.45) is 5.41 Å². The maximum absolute atomic E-state index is 2.33. The zero-order valence-electron chi connectivity index (χ0n) is 6.85. The molecule has 0 unspecified atom stereocenters. The minimum Gasteiger partial charge on any atom is -0.0941 e. The predicted octanol–water partition coefficient (Wildman–Crippen LogP) is 3.58. The first kappa shape index (κ1) is 8.79. The summed E-state index contributed by atoms with van der Waals surface area (Å²) in [6, 6.07) is 0. The molecule has 1 heterocycles. The molecule has 0 atom stereocenters. The van der Waals surface area contributed by atoms with E-state index < -0.39 is 0 Å². The maximum Gasteiger partial charge on any atom is 0.00937 e. The Balaban J connectivity index is 2.44. The summed E-state index contributed by atoms with van der Waals surface area (Å²) in [7, 11) is 4.11. The molecule has 0 aromatic rings. The minimum absolute atomic E-state index is 0.704. The molecule has 0 bridgehead atoms. The predicted molar refractivity (Wildman–Crippen MR) is 52.5 cm³/mol. The molecular weight excluding hydrogens is 160 g/mol. The maximum atomic E-state index is 2.33. The number of hydrogen-bond acceptors (Lipinski definition) is 2. The molecule has 0 aromatic carbocycles. The molecule has 0 aliphatic carbocycles. The van der Waals surface area contributed by atoms with Crippen LogP contribution in [-0.4, -0.2) is 11.5 Å². The molecule has 1 rings (SSSR count). The molecule has 2 heteroatoms. The molecule has 0 radical (unpaired) electrons. The Labute approximate surface area is 71.9 Å². The van der Waals surface area contributed by atoms with Crippen LogP contribution < -0.4 is 0 Å². The molecule has 0 nitrogen and oxygen atoms in total. The van der Waals surface area contributed by atoms with Gasteiger partial charge in [0.05, 0.1) is 0 Å². The first-order chi connectivity index (χ1) is 4.83. The third-order valence-electron chi connectivity index (χ3n) is 2.66. The Kier molecular flexibility index (Phi) is 3.44. The van der Waals surface area contributed by atoms with Crippen molar-refractivity contribution in [1.82, 2.24) is 0 Å². The van der Waals surface area contributed by atoms with Crippen molar-refractivity contribution in [2.45, 2.75) is 33.1 Å². The summed E-state index contributed by atoms with van der Waals surface area (Å²) in [5.74, 6) is 2.75. The van der Waals surface area contributed by atoms with Crippen LogP contribution in [0.5, 0.6) is 0 Å². The smallest absolute Gasteiger partial charge is 0.00937 e. The second-order valence-corrected chi connectivity index (χ2v) is 5.62. The normalized spacial score (nSPS) is 24.6. The Bertz CT molecular complexity index is 89.4. The van der Waals surface area contributed by atoms with E-state index in [1.165, 1.54) is 30.8 Å². The zero-order chi connectivity index (χ0) is 7.45. The van der Waals surface area contributed by atoms with Crippen molar-refractivity contribution in [3.8, 4) is 0 Å². The number of rotatable bonds is 2. The highest BCUT2D eigenvalue weighted by atomic mass is 33.1. The van der Waals surface area contributed by atoms with Gasteiger partial charge in [-0.25, -0.2) is 0 Å². The first-order valence-electron chi connectivity index (χ1n) is 4.07. The second kappa shape index (κ2) is 3.91. The summed E-state index contributed by atoms with van der Waals surface area (Å²) < 4.78 is 0. The third-order valence-corrected chi connectivity index (χ3v) is 5.29. The summed E-state index contributed by atoms with van der Waals surface area (Å²) in [5, 5.41) is 0. The van der Waals surface area contributed by atoms with E-state index in [1.807, 2.05) is 10.8 Å². The number of hydrogen-bond donors (Lipinski definition) is 0. The molecule has 0 amide bonds. The highest BCUT2D eigenvalue weighted by Crippen LogP contribution is 2.44. The molecule has 0 saturated carbocycles. The van der Waals surface area contributed by atoms with E-state index >= 15 is 0 Å². The highest BCUT2D eigenvalue weighted by Gasteiger charge is 2.28. The molecule has 1 fully saturated rings. The van der Waals surface area contributed by atoms with E-state index in [-0.39, 0.29) is 0 Å². The van der Waals surface area contributed by atoms with E-state index in [1.54, 1.807) is 0 Å². The Morgan fingerprint density at radius 3 is 2.20 bits per heavy atom. The van der Waals surface area contributed by atoms with Crippen LogP contribution in [0.15, 0.2) is 0 Å². The fourth-order valence-electron chi connectivity index (χ4n) is 1.36. The Morgan fingerprint density at radius 2 is 1.90 bits per heavy atom. The fourth-order valence-corrected chi connectivity index (χ4v) is 4.49. The van der Waals surface area contributed by atoms with Crippen molar-refractivity contribution in [2.75, 3.05) is 11.5 Å². The van der Waals surface area contributed by atoms with Gasteiger partial charge < -0.3 is 0 Å². The fraction of sp³-hybridized carbons (Fsp3) is 1.00. The van der Waals surface area contributed by atoms with Gasteiger partial charge in [0.15, 0.2) is 0 Å². The standard InChI is InChI=1S/C8H16S2/c1-3-8(4-2)5-6-9-10-7-8/h3-7H2,1-2H3. The van der Waals surface area contributed by atoms with Crippen LogP contribution in [0.1, 0.15) is 33.1 Å². The zero-order valence-corrected chi connectivity index (χ0v) is 8.49. The summed E-state index contributed by atoms with van der Waals surface area (Å²) in [5.41, 5.74) is 0.704. The van der Waals surface area contributed by atoms with Crippen molar-refractivity contribution >= 4 is 21.6 Å². The van der Waals surface area contributed by atoms with Crippen molar-refractivity contribution in [3.05, 3.63) is 0 Å². The van der Waals surface area contributed by atoms with E-state index in [0.717, 1.165) is 0 Å². The molecule has 1 aliphatic rings. The molecule has 10 heavy (non-hydrogen) atoms. The van der Waals surface area contributed by atoms with E-state index in [0.29, 0.717) is 5.41 Å². The van der Waals surface area contributed by atoms with Gasteiger partial charge in [-0.05, 0) is 24.7 Å². The van der Waals surface area contributed by atoms with E-state index in [2.05, 4.69) is 24.6 Å². The molecular formula is C8H16S2. The van der Waals surface area contributed by atoms with Crippen LogP contribution >= 0.6 is 21.6 Å². The van der Waals surface area contributed by atoms with Gasteiger partial charge in [0.1, 0.15) is 0 Å². The van der Waals surface area contributed by atoms with Gasteiger partial charge in [0.2, 0.25) is 0 Å². The largest absolute Gasteiger partial charge is 0.0941 e.